The number of rotatable bonds is 2. The molecule has 2 aliphatic carbocycles. The zero-order valence-corrected chi connectivity index (χ0v) is 17.8. The normalized spacial score (nSPS) is 35.0. The molecule has 0 aromatic heterocycles. The first kappa shape index (κ1) is 19.7. The third-order valence-electron chi connectivity index (χ3n) is 8.14. The van der Waals surface area contributed by atoms with E-state index in [1.54, 1.807) is 6.07 Å². The van der Waals surface area contributed by atoms with Crippen LogP contribution in [0.5, 0.6) is 0 Å². The van der Waals surface area contributed by atoms with E-state index >= 15 is 0 Å². The maximum atomic E-state index is 13.0. The summed E-state index contributed by atoms with van der Waals surface area (Å²) in [5.41, 5.74) is -0.734. The predicted octanol–water partition coefficient (Wildman–Crippen LogP) is 5.01. The molecule has 1 saturated heterocycles. The molecule has 1 spiro atoms. The average Bonchev–Trinajstić information content (AvgIpc) is 2.74. The fraction of sp³-hybridized carbons (Fsp3) is 0.520. The Balaban J connectivity index is 1.41. The summed E-state index contributed by atoms with van der Waals surface area (Å²) < 4.78 is 5.95. The van der Waals surface area contributed by atoms with Crippen molar-refractivity contribution in [3.63, 3.8) is 0 Å². The molecule has 0 radical (unpaired) electrons. The highest BCUT2D eigenvalue weighted by Crippen LogP contribution is 2.64. The Labute approximate surface area is 176 Å². The number of fused-ring (bicyclic) bond motifs is 2. The molecule has 1 unspecified atom stereocenters. The van der Waals surface area contributed by atoms with Crippen molar-refractivity contribution in [1.29, 1.82) is 0 Å². The highest BCUT2D eigenvalue weighted by Gasteiger charge is 2.69. The van der Waals surface area contributed by atoms with Gasteiger partial charge in [-0.15, -0.1) is 0 Å². The van der Waals surface area contributed by atoms with Gasteiger partial charge >= 0.3 is 5.97 Å². The highest BCUT2D eigenvalue weighted by molar-refractivity contribution is 6.04. The summed E-state index contributed by atoms with van der Waals surface area (Å²) in [6, 6.07) is 13.4. The van der Waals surface area contributed by atoms with E-state index in [9.17, 15) is 9.59 Å². The van der Waals surface area contributed by atoms with Gasteiger partial charge in [-0.2, -0.15) is 0 Å². The Morgan fingerprint density at radius 3 is 2.67 bits per heavy atom. The van der Waals surface area contributed by atoms with E-state index in [4.69, 9.17) is 14.5 Å². The summed E-state index contributed by atoms with van der Waals surface area (Å²) in [5.74, 6) is -0.227. The lowest BCUT2D eigenvalue weighted by molar-refractivity contribution is -0.456. The van der Waals surface area contributed by atoms with Crippen molar-refractivity contribution in [3.8, 4) is 0 Å². The van der Waals surface area contributed by atoms with Gasteiger partial charge in [0.05, 0.1) is 5.56 Å². The standard InChI is InChI=1S/C25H28O5/c1-23(2)13-12-21(26)24(3)25(23)14-11-19(20(15-25)29-30-24)28-22(27)18-10-6-8-16-7-4-5-9-17(16)18/h4-10,19-20H,11-15H2,1-3H3/t19?,20-,24-,25+/m1/s1. The molecule has 5 rings (SSSR count). The van der Waals surface area contributed by atoms with Crippen LogP contribution < -0.4 is 0 Å². The smallest absolute Gasteiger partial charge is 0.339 e. The minimum absolute atomic E-state index is 0.0533. The molecule has 4 atom stereocenters. The van der Waals surface area contributed by atoms with Crippen LogP contribution in [0.4, 0.5) is 0 Å². The Morgan fingerprint density at radius 2 is 1.83 bits per heavy atom. The molecule has 5 heteroatoms. The van der Waals surface area contributed by atoms with Crippen molar-refractivity contribution in [1.82, 2.24) is 0 Å². The lowest BCUT2D eigenvalue weighted by Gasteiger charge is -2.64. The Morgan fingerprint density at radius 1 is 1.07 bits per heavy atom. The first-order valence-corrected chi connectivity index (χ1v) is 10.8. The molecular formula is C25H28O5. The SMILES string of the molecule is CC1(C)CCC(=O)[C@@]2(C)OO[C@@H]3C[C@@]12CCC3OC(=O)c1cccc2ccccc12. The van der Waals surface area contributed by atoms with Crippen LogP contribution in [0.25, 0.3) is 10.8 Å². The second-order valence-electron chi connectivity index (χ2n) is 9.85. The van der Waals surface area contributed by atoms with Crippen molar-refractivity contribution < 1.29 is 24.1 Å². The molecule has 2 bridgehead atoms. The number of benzene rings is 2. The van der Waals surface area contributed by atoms with E-state index in [-0.39, 0.29) is 34.8 Å². The molecular weight excluding hydrogens is 380 g/mol. The van der Waals surface area contributed by atoms with Gasteiger partial charge in [0.2, 0.25) is 0 Å². The summed E-state index contributed by atoms with van der Waals surface area (Å²) in [5, 5.41) is 1.88. The van der Waals surface area contributed by atoms with Gasteiger partial charge in [0, 0.05) is 11.8 Å². The Hall–Kier alpha value is -2.24. The number of Topliss-reactive ketones (excluding diaryl/α,β-unsaturated/α-hetero) is 1. The molecule has 2 aromatic rings. The largest absolute Gasteiger partial charge is 0.456 e. The van der Waals surface area contributed by atoms with E-state index in [2.05, 4.69) is 13.8 Å². The summed E-state index contributed by atoms with van der Waals surface area (Å²) in [4.78, 5) is 37.4. The monoisotopic (exact) mass is 408 g/mol. The Kier molecular flexibility index (Phi) is 4.35. The lowest BCUT2D eigenvalue weighted by atomic mass is 9.45. The topological polar surface area (TPSA) is 61.8 Å². The van der Waals surface area contributed by atoms with Crippen molar-refractivity contribution >= 4 is 22.5 Å². The molecule has 30 heavy (non-hydrogen) atoms. The number of carbonyl (C=O) groups is 2. The summed E-state index contributed by atoms with van der Waals surface area (Å²) in [7, 11) is 0. The minimum Gasteiger partial charge on any atom is -0.456 e. The van der Waals surface area contributed by atoms with Crippen molar-refractivity contribution in [2.24, 2.45) is 10.8 Å². The van der Waals surface area contributed by atoms with Crippen LogP contribution in [0, 0.1) is 10.8 Å². The summed E-state index contributed by atoms with van der Waals surface area (Å²) in [6.45, 7) is 6.34. The van der Waals surface area contributed by atoms with Gasteiger partial charge in [0.15, 0.2) is 11.4 Å². The summed E-state index contributed by atoms with van der Waals surface area (Å²) in [6.07, 6.45) is 2.70. The van der Waals surface area contributed by atoms with Crippen LogP contribution in [0.3, 0.4) is 0 Å². The van der Waals surface area contributed by atoms with Gasteiger partial charge in [-0.05, 0) is 54.9 Å². The predicted molar refractivity (Wildman–Crippen MR) is 112 cm³/mol. The third kappa shape index (κ3) is 2.61. The van der Waals surface area contributed by atoms with Crippen LogP contribution in [0.15, 0.2) is 42.5 Å². The first-order chi connectivity index (χ1) is 14.3. The first-order valence-electron chi connectivity index (χ1n) is 10.8. The van der Waals surface area contributed by atoms with Crippen LogP contribution >= 0.6 is 0 Å². The molecule has 1 aliphatic heterocycles. The van der Waals surface area contributed by atoms with Gasteiger partial charge in [0.25, 0.3) is 0 Å². The molecule has 2 aromatic carbocycles. The van der Waals surface area contributed by atoms with E-state index in [0.29, 0.717) is 24.8 Å². The zero-order valence-electron chi connectivity index (χ0n) is 17.8. The second-order valence-corrected chi connectivity index (χ2v) is 9.85. The molecule has 3 fully saturated rings. The van der Waals surface area contributed by atoms with E-state index in [1.165, 1.54) is 0 Å². The number of hydrogen-bond acceptors (Lipinski definition) is 5. The molecule has 1 heterocycles. The van der Waals surface area contributed by atoms with Gasteiger partial charge < -0.3 is 4.74 Å². The fourth-order valence-corrected chi connectivity index (χ4v) is 6.14. The number of hydrogen-bond donors (Lipinski definition) is 0. The van der Waals surface area contributed by atoms with E-state index in [1.807, 2.05) is 43.3 Å². The maximum Gasteiger partial charge on any atom is 0.339 e. The van der Waals surface area contributed by atoms with Crippen LogP contribution in [-0.2, 0) is 19.3 Å². The third-order valence-corrected chi connectivity index (χ3v) is 8.14. The molecule has 5 nitrogen and oxygen atoms in total. The van der Waals surface area contributed by atoms with Gasteiger partial charge in [-0.3, -0.25) is 4.79 Å². The van der Waals surface area contributed by atoms with Crippen molar-refractivity contribution in [3.05, 3.63) is 48.0 Å². The molecule has 3 aliphatic rings. The van der Waals surface area contributed by atoms with Crippen LogP contribution in [0.2, 0.25) is 0 Å². The molecule has 0 amide bonds. The minimum atomic E-state index is -0.935. The number of ether oxygens (including phenoxy) is 1. The molecule has 2 saturated carbocycles. The number of ketones is 1. The molecule has 0 N–H and O–H groups in total. The average molecular weight is 408 g/mol. The van der Waals surface area contributed by atoms with Gasteiger partial charge in [-0.1, -0.05) is 50.2 Å². The van der Waals surface area contributed by atoms with Gasteiger partial charge in [-0.25, -0.2) is 14.6 Å². The fourth-order valence-electron chi connectivity index (χ4n) is 6.14. The quantitative estimate of drug-likeness (QED) is 0.516. The van der Waals surface area contributed by atoms with Crippen LogP contribution in [-0.4, -0.2) is 29.6 Å². The van der Waals surface area contributed by atoms with Crippen LogP contribution in [0.1, 0.15) is 63.2 Å². The van der Waals surface area contributed by atoms with Gasteiger partial charge in [0.1, 0.15) is 12.2 Å². The number of carbonyl (C=O) groups excluding carboxylic acids is 2. The lowest BCUT2D eigenvalue weighted by Crippen LogP contribution is -2.70. The van der Waals surface area contributed by atoms with Crippen molar-refractivity contribution in [2.75, 3.05) is 0 Å². The number of esters is 1. The van der Waals surface area contributed by atoms with E-state index < -0.39 is 5.60 Å². The molecule has 158 valence electrons. The highest BCUT2D eigenvalue weighted by atomic mass is 17.2. The zero-order chi connectivity index (χ0) is 21.1. The second kappa shape index (κ2) is 6.63. The Bertz CT molecular complexity index is 1020. The van der Waals surface area contributed by atoms with E-state index in [0.717, 1.165) is 23.6 Å². The maximum absolute atomic E-state index is 13.0. The van der Waals surface area contributed by atoms with Crippen molar-refractivity contribution in [2.45, 2.75) is 70.7 Å². The summed E-state index contributed by atoms with van der Waals surface area (Å²) >= 11 is 0.